The minimum atomic E-state index is -0.316. The summed E-state index contributed by atoms with van der Waals surface area (Å²) in [5.74, 6) is 0.475. The molecule has 0 aliphatic rings. The maximum Gasteiger partial charge on any atom is 0.140 e. The van der Waals surface area contributed by atoms with Gasteiger partial charge in [0.2, 0.25) is 0 Å². The molecule has 0 spiro atoms. The van der Waals surface area contributed by atoms with E-state index in [1.54, 1.807) is 0 Å². The lowest BCUT2D eigenvalue weighted by Gasteiger charge is -2.16. The van der Waals surface area contributed by atoms with Crippen LogP contribution in [-0.2, 0) is 66.4 Å². The van der Waals surface area contributed by atoms with E-state index >= 15 is 0 Å². The number of ether oxygens (including phenoxy) is 12. The minimum absolute atomic E-state index is 0.200. The van der Waals surface area contributed by atoms with Crippen LogP contribution in [0.1, 0.15) is 53.4 Å². The fourth-order valence-corrected chi connectivity index (χ4v) is 3.61. The summed E-state index contributed by atoms with van der Waals surface area (Å²) in [6, 6.07) is 0. The Labute approximate surface area is 295 Å². The van der Waals surface area contributed by atoms with Crippen molar-refractivity contribution in [2.75, 3.05) is 159 Å². The number of carbonyl (C=O) groups excluding carboxylic acids is 2. The highest BCUT2D eigenvalue weighted by molar-refractivity contribution is 5.83. The van der Waals surface area contributed by atoms with Crippen LogP contribution in [-0.4, -0.2) is 170 Å². The Morgan fingerprint density at radius 3 is 0.796 bits per heavy atom. The van der Waals surface area contributed by atoms with Gasteiger partial charge in [-0.3, -0.25) is 9.59 Å². The molecule has 0 saturated carbocycles. The molecule has 49 heavy (non-hydrogen) atoms. The normalized spacial score (nSPS) is 11.8. The molecule has 0 saturated heterocycles. The van der Waals surface area contributed by atoms with Gasteiger partial charge in [-0.2, -0.15) is 0 Å². The van der Waals surface area contributed by atoms with Gasteiger partial charge in [0.25, 0.3) is 0 Å². The molecule has 292 valence electrons. The van der Waals surface area contributed by atoms with Gasteiger partial charge in [-0.1, -0.05) is 27.7 Å². The van der Waals surface area contributed by atoms with E-state index in [-0.39, 0.29) is 17.0 Å². The van der Waals surface area contributed by atoms with Crippen LogP contribution in [0.2, 0.25) is 0 Å². The van der Waals surface area contributed by atoms with Gasteiger partial charge in [-0.15, -0.1) is 0 Å². The molecule has 14 heteroatoms. The molecule has 0 rings (SSSR count). The molecular formula is C35H68O14. The number of carbonyl (C=O) groups is 2. The van der Waals surface area contributed by atoms with Crippen LogP contribution >= 0.6 is 0 Å². The molecule has 14 nitrogen and oxygen atoms in total. The van der Waals surface area contributed by atoms with Crippen LogP contribution in [0, 0.1) is 5.41 Å². The second-order valence-electron chi connectivity index (χ2n) is 11.8. The first-order valence-corrected chi connectivity index (χ1v) is 17.9. The first kappa shape index (κ1) is 47.9. The minimum Gasteiger partial charge on any atom is -0.379 e. The first-order valence-electron chi connectivity index (χ1n) is 17.9. The largest absolute Gasteiger partial charge is 0.379 e. The molecule has 0 fully saturated rings. The van der Waals surface area contributed by atoms with Crippen molar-refractivity contribution < 1.29 is 66.4 Å². The van der Waals surface area contributed by atoms with Gasteiger partial charge in [0, 0.05) is 31.3 Å². The molecule has 0 N–H and O–H groups in total. The topological polar surface area (TPSA) is 145 Å². The Morgan fingerprint density at radius 1 is 0.347 bits per heavy atom. The molecule has 0 heterocycles. The van der Waals surface area contributed by atoms with E-state index in [0.29, 0.717) is 178 Å². The Kier molecular flexibility index (Phi) is 37.2. The molecule has 0 amide bonds. The highest BCUT2D eigenvalue weighted by Crippen LogP contribution is 2.16. The second kappa shape index (κ2) is 38.1. The zero-order valence-electron chi connectivity index (χ0n) is 31.0. The Morgan fingerprint density at radius 2 is 0.571 bits per heavy atom. The standard InChI is InChI=1S/C35H68O14/c1-5-33(36)7-6-9-38-11-13-40-15-17-42-19-21-44-23-25-46-27-29-48-31-32-49-30-28-47-26-24-45-22-20-43-18-16-41-14-12-39-10-8-34(37)35(2,3)4/h5-32H2,1-4H3. The summed E-state index contributed by atoms with van der Waals surface area (Å²) in [6.45, 7) is 19.6. The summed E-state index contributed by atoms with van der Waals surface area (Å²) in [6.07, 6.45) is 2.37. The molecule has 0 unspecified atom stereocenters. The number of rotatable bonds is 41. The van der Waals surface area contributed by atoms with E-state index < -0.39 is 0 Å². The fraction of sp³-hybridized carbons (Fsp3) is 0.943. The molecule has 0 radical (unpaired) electrons. The monoisotopic (exact) mass is 712 g/mol. The van der Waals surface area contributed by atoms with Crippen molar-refractivity contribution in [3.8, 4) is 0 Å². The number of Topliss-reactive ketones (excluding diaryl/α,β-unsaturated/α-hetero) is 2. The molecule has 0 aromatic carbocycles. The fourth-order valence-electron chi connectivity index (χ4n) is 3.61. The molecule has 0 aliphatic carbocycles. The van der Waals surface area contributed by atoms with E-state index in [2.05, 4.69) is 0 Å². The van der Waals surface area contributed by atoms with Gasteiger partial charge in [0.1, 0.15) is 11.6 Å². The summed E-state index contributed by atoms with van der Waals surface area (Å²) in [5.41, 5.74) is -0.316. The molecule has 0 aliphatic heterocycles. The summed E-state index contributed by atoms with van der Waals surface area (Å²) < 4.78 is 65.5. The summed E-state index contributed by atoms with van der Waals surface area (Å²) in [7, 11) is 0. The van der Waals surface area contributed by atoms with Crippen molar-refractivity contribution in [2.45, 2.75) is 53.4 Å². The van der Waals surface area contributed by atoms with Gasteiger partial charge in [-0.25, -0.2) is 0 Å². The van der Waals surface area contributed by atoms with E-state index in [1.807, 2.05) is 27.7 Å². The van der Waals surface area contributed by atoms with Gasteiger partial charge in [0.15, 0.2) is 0 Å². The Hall–Kier alpha value is -1.14. The zero-order chi connectivity index (χ0) is 35.9. The number of ketones is 2. The van der Waals surface area contributed by atoms with E-state index in [9.17, 15) is 9.59 Å². The van der Waals surface area contributed by atoms with Crippen LogP contribution in [0.3, 0.4) is 0 Å². The average Bonchev–Trinajstić information content (AvgIpc) is 3.08. The van der Waals surface area contributed by atoms with Gasteiger partial charge >= 0.3 is 0 Å². The summed E-state index contributed by atoms with van der Waals surface area (Å²) in [4.78, 5) is 23.0. The van der Waals surface area contributed by atoms with Crippen LogP contribution < -0.4 is 0 Å². The third-order valence-corrected chi connectivity index (χ3v) is 6.54. The Balaban J connectivity index is 3.10. The van der Waals surface area contributed by atoms with Crippen LogP contribution in [0.15, 0.2) is 0 Å². The van der Waals surface area contributed by atoms with Crippen LogP contribution in [0.25, 0.3) is 0 Å². The predicted molar refractivity (Wildman–Crippen MR) is 183 cm³/mol. The highest BCUT2D eigenvalue weighted by Gasteiger charge is 2.20. The van der Waals surface area contributed by atoms with Crippen LogP contribution in [0.5, 0.6) is 0 Å². The Bertz CT molecular complexity index is 704. The number of hydrogen-bond acceptors (Lipinski definition) is 14. The lowest BCUT2D eigenvalue weighted by atomic mass is 9.89. The smallest absolute Gasteiger partial charge is 0.140 e. The van der Waals surface area contributed by atoms with E-state index in [1.165, 1.54) is 0 Å². The number of hydrogen-bond donors (Lipinski definition) is 0. The van der Waals surface area contributed by atoms with Crippen molar-refractivity contribution >= 4 is 11.6 Å². The van der Waals surface area contributed by atoms with Crippen molar-refractivity contribution in [1.29, 1.82) is 0 Å². The SMILES string of the molecule is CCC(=O)CCCOCCOCCOCCOCCOCCOCCOCCOCCOCCOCCOCCOCCC(=O)C(C)(C)C. The van der Waals surface area contributed by atoms with Crippen LogP contribution in [0.4, 0.5) is 0 Å². The second-order valence-corrected chi connectivity index (χ2v) is 11.8. The lowest BCUT2D eigenvalue weighted by Crippen LogP contribution is -2.22. The lowest BCUT2D eigenvalue weighted by molar-refractivity contribution is -0.127. The third kappa shape index (κ3) is 39.5. The zero-order valence-corrected chi connectivity index (χ0v) is 31.0. The van der Waals surface area contributed by atoms with Crippen molar-refractivity contribution in [3.63, 3.8) is 0 Å². The maximum absolute atomic E-state index is 11.8. The maximum atomic E-state index is 11.8. The molecule has 0 aromatic heterocycles. The highest BCUT2D eigenvalue weighted by atomic mass is 16.6. The molecule has 0 aromatic rings. The molecule has 0 bridgehead atoms. The van der Waals surface area contributed by atoms with Crippen molar-refractivity contribution in [3.05, 3.63) is 0 Å². The van der Waals surface area contributed by atoms with E-state index in [4.69, 9.17) is 56.8 Å². The predicted octanol–water partition coefficient (Wildman–Crippen LogP) is 2.95. The molecule has 0 atom stereocenters. The van der Waals surface area contributed by atoms with Gasteiger partial charge in [-0.05, 0) is 6.42 Å². The van der Waals surface area contributed by atoms with E-state index in [0.717, 1.165) is 6.42 Å². The van der Waals surface area contributed by atoms with Gasteiger partial charge in [0.05, 0.1) is 152 Å². The third-order valence-electron chi connectivity index (χ3n) is 6.54. The van der Waals surface area contributed by atoms with Crippen molar-refractivity contribution in [2.24, 2.45) is 5.41 Å². The van der Waals surface area contributed by atoms with Crippen molar-refractivity contribution in [1.82, 2.24) is 0 Å². The summed E-state index contributed by atoms with van der Waals surface area (Å²) in [5, 5.41) is 0. The quantitative estimate of drug-likeness (QED) is 0.0857. The molecular weight excluding hydrogens is 644 g/mol. The average molecular weight is 713 g/mol. The summed E-state index contributed by atoms with van der Waals surface area (Å²) >= 11 is 0. The van der Waals surface area contributed by atoms with Gasteiger partial charge < -0.3 is 56.8 Å². The first-order chi connectivity index (χ1) is 23.9.